The van der Waals surface area contributed by atoms with Crippen LogP contribution in [0.3, 0.4) is 0 Å². The highest BCUT2D eigenvalue weighted by Gasteiger charge is 2.09. The smallest absolute Gasteiger partial charge is 0.165 e. The molecule has 1 aromatic rings. The van der Waals surface area contributed by atoms with Gasteiger partial charge in [-0.1, -0.05) is 19.1 Å². The van der Waals surface area contributed by atoms with E-state index in [4.69, 9.17) is 14.6 Å². The predicted octanol–water partition coefficient (Wildman–Crippen LogP) is 1.96. The third-order valence-electron chi connectivity index (χ3n) is 2.64. The molecule has 0 saturated heterocycles. The second-order valence-electron chi connectivity index (χ2n) is 4.01. The molecule has 0 fully saturated rings. The maximum absolute atomic E-state index is 8.74. The van der Waals surface area contributed by atoms with E-state index >= 15 is 0 Å². The van der Waals surface area contributed by atoms with Gasteiger partial charge < -0.3 is 19.9 Å². The number of benzene rings is 1. The average molecular weight is 253 g/mol. The van der Waals surface area contributed by atoms with Crippen LogP contribution in [0.25, 0.3) is 0 Å². The second kappa shape index (κ2) is 8.78. The molecule has 0 unspecified atom stereocenters. The highest BCUT2D eigenvalue weighted by molar-refractivity contribution is 5.46. The molecule has 4 nitrogen and oxygen atoms in total. The summed E-state index contributed by atoms with van der Waals surface area (Å²) < 4.78 is 11.1. The molecule has 102 valence electrons. The van der Waals surface area contributed by atoms with E-state index in [0.717, 1.165) is 43.0 Å². The highest BCUT2D eigenvalue weighted by Crippen LogP contribution is 2.31. The van der Waals surface area contributed by atoms with Crippen molar-refractivity contribution < 1.29 is 14.6 Å². The molecule has 2 N–H and O–H groups in total. The summed E-state index contributed by atoms with van der Waals surface area (Å²) in [5, 5.41) is 12.0. The van der Waals surface area contributed by atoms with Crippen molar-refractivity contribution in [3.8, 4) is 11.5 Å². The lowest BCUT2D eigenvalue weighted by Gasteiger charge is -2.15. The first kappa shape index (κ1) is 14.8. The third-order valence-corrected chi connectivity index (χ3v) is 2.64. The first-order chi connectivity index (χ1) is 8.83. The van der Waals surface area contributed by atoms with E-state index in [9.17, 15) is 0 Å². The van der Waals surface area contributed by atoms with E-state index in [0.29, 0.717) is 6.61 Å². The van der Waals surface area contributed by atoms with Gasteiger partial charge in [-0.2, -0.15) is 0 Å². The van der Waals surface area contributed by atoms with Crippen LogP contribution in [0.2, 0.25) is 0 Å². The van der Waals surface area contributed by atoms with E-state index in [1.165, 1.54) is 0 Å². The summed E-state index contributed by atoms with van der Waals surface area (Å²) in [6, 6.07) is 5.90. The minimum Gasteiger partial charge on any atom is -0.493 e. The minimum atomic E-state index is 0.208. The molecule has 0 saturated carbocycles. The van der Waals surface area contributed by atoms with Crippen LogP contribution in [0.5, 0.6) is 11.5 Å². The molecule has 4 heteroatoms. The van der Waals surface area contributed by atoms with Crippen molar-refractivity contribution in [3.63, 3.8) is 0 Å². The number of para-hydroxylation sites is 1. The van der Waals surface area contributed by atoms with Crippen LogP contribution in [0.15, 0.2) is 18.2 Å². The van der Waals surface area contributed by atoms with Gasteiger partial charge in [-0.15, -0.1) is 0 Å². The summed E-state index contributed by atoms with van der Waals surface area (Å²) in [4.78, 5) is 0. The van der Waals surface area contributed by atoms with Crippen molar-refractivity contribution in [3.05, 3.63) is 23.8 Å². The second-order valence-corrected chi connectivity index (χ2v) is 4.01. The van der Waals surface area contributed by atoms with Crippen LogP contribution in [0.4, 0.5) is 0 Å². The first-order valence-electron chi connectivity index (χ1n) is 6.43. The molecule has 0 aliphatic carbocycles. The monoisotopic (exact) mass is 253 g/mol. The Morgan fingerprint density at radius 1 is 1.28 bits per heavy atom. The molecule has 0 spiro atoms. The topological polar surface area (TPSA) is 50.7 Å². The Hall–Kier alpha value is -1.26. The van der Waals surface area contributed by atoms with Gasteiger partial charge in [-0.3, -0.25) is 0 Å². The number of aliphatic hydroxyl groups is 1. The zero-order valence-electron chi connectivity index (χ0n) is 11.2. The van der Waals surface area contributed by atoms with Gasteiger partial charge in [-0.25, -0.2) is 0 Å². The maximum Gasteiger partial charge on any atom is 0.165 e. The number of methoxy groups -OCH3 is 1. The fourth-order valence-electron chi connectivity index (χ4n) is 1.67. The number of rotatable bonds is 9. The molecule has 0 radical (unpaired) electrons. The molecule has 0 bridgehead atoms. The third kappa shape index (κ3) is 4.55. The van der Waals surface area contributed by atoms with Gasteiger partial charge in [0.1, 0.15) is 0 Å². The van der Waals surface area contributed by atoms with E-state index in [-0.39, 0.29) is 6.61 Å². The van der Waals surface area contributed by atoms with Crippen molar-refractivity contribution in [2.24, 2.45) is 0 Å². The molecule has 0 aromatic heterocycles. The van der Waals surface area contributed by atoms with E-state index in [1.54, 1.807) is 7.11 Å². The van der Waals surface area contributed by atoms with Gasteiger partial charge in [0, 0.05) is 18.7 Å². The number of ether oxygens (including phenoxy) is 2. The lowest BCUT2D eigenvalue weighted by Crippen LogP contribution is -2.13. The van der Waals surface area contributed by atoms with E-state index < -0.39 is 0 Å². The van der Waals surface area contributed by atoms with Crippen LogP contribution in [0, 0.1) is 0 Å². The standard InChI is InChI=1S/C14H23NO3/c1-3-15-11-12-7-6-8-13(17-2)14(12)18-10-5-4-9-16/h6-8,15-16H,3-5,9-11H2,1-2H3. The molecule has 1 aromatic carbocycles. The van der Waals surface area contributed by atoms with Crippen LogP contribution in [-0.4, -0.2) is 32.0 Å². The predicted molar refractivity (Wildman–Crippen MR) is 72.2 cm³/mol. The molecule has 0 amide bonds. The number of nitrogens with one attached hydrogen (secondary N) is 1. The fourth-order valence-corrected chi connectivity index (χ4v) is 1.67. The summed E-state index contributed by atoms with van der Waals surface area (Å²) in [5.74, 6) is 1.56. The Morgan fingerprint density at radius 3 is 2.78 bits per heavy atom. The van der Waals surface area contributed by atoms with Crippen molar-refractivity contribution in [2.45, 2.75) is 26.3 Å². The zero-order chi connectivity index (χ0) is 13.2. The van der Waals surface area contributed by atoms with Gasteiger partial charge in [0.25, 0.3) is 0 Å². The molecule has 0 aliphatic heterocycles. The van der Waals surface area contributed by atoms with E-state index in [2.05, 4.69) is 12.2 Å². The van der Waals surface area contributed by atoms with Gasteiger partial charge >= 0.3 is 0 Å². The number of aliphatic hydroxyl groups excluding tert-OH is 1. The summed E-state index contributed by atoms with van der Waals surface area (Å²) in [6.45, 7) is 4.56. The van der Waals surface area contributed by atoms with Crippen molar-refractivity contribution in [1.29, 1.82) is 0 Å². The lowest BCUT2D eigenvalue weighted by molar-refractivity contribution is 0.246. The van der Waals surface area contributed by atoms with E-state index in [1.807, 2.05) is 18.2 Å². The minimum absolute atomic E-state index is 0.208. The van der Waals surface area contributed by atoms with Crippen molar-refractivity contribution in [1.82, 2.24) is 5.32 Å². The Balaban J connectivity index is 2.69. The maximum atomic E-state index is 8.74. The Bertz CT molecular complexity index is 342. The largest absolute Gasteiger partial charge is 0.493 e. The van der Waals surface area contributed by atoms with Crippen LogP contribution in [-0.2, 0) is 6.54 Å². The molecule has 0 aliphatic rings. The van der Waals surface area contributed by atoms with Gasteiger partial charge in [0.2, 0.25) is 0 Å². The number of unbranched alkanes of at least 4 members (excludes halogenated alkanes) is 1. The van der Waals surface area contributed by atoms with Gasteiger partial charge in [0.15, 0.2) is 11.5 Å². The number of hydrogen-bond acceptors (Lipinski definition) is 4. The molecule has 18 heavy (non-hydrogen) atoms. The summed E-state index contributed by atoms with van der Waals surface area (Å²) in [5.41, 5.74) is 1.10. The first-order valence-corrected chi connectivity index (χ1v) is 6.43. The normalized spacial score (nSPS) is 10.4. The summed E-state index contributed by atoms with van der Waals surface area (Å²) >= 11 is 0. The van der Waals surface area contributed by atoms with Crippen LogP contribution >= 0.6 is 0 Å². The quantitative estimate of drug-likeness (QED) is 0.661. The van der Waals surface area contributed by atoms with Crippen LogP contribution in [0.1, 0.15) is 25.3 Å². The highest BCUT2D eigenvalue weighted by atomic mass is 16.5. The number of hydrogen-bond donors (Lipinski definition) is 2. The fraction of sp³-hybridized carbons (Fsp3) is 0.571. The van der Waals surface area contributed by atoms with Crippen molar-refractivity contribution >= 4 is 0 Å². The lowest BCUT2D eigenvalue weighted by atomic mass is 10.2. The Labute approximate surface area is 109 Å². The molecule has 0 atom stereocenters. The van der Waals surface area contributed by atoms with Crippen LogP contribution < -0.4 is 14.8 Å². The van der Waals surface area contributed by atoms with Gasteiger partial charge in [0.05, 0.1) is 13.7 Å². The molecule has 0 heterocycles. The SMILES string of the molecule is CCNCc1cccc(OC)c1OCCCCO. The Kier molecular flexibility index (Phi) is 7.22. The summed E-state index contributed by atoms with van der Waals surface area (Å²) in [6.07, 6.45) is 1.60. The molecular formula is C14H23NO3. The zero-order valence-corrected chi connectivity index (χ0v) is 11.2. The summed E-state index contributed by atoms with van der Waals surface area (Å²) in [7, 11) is 1.65. The van der Waals surface area contributed by atoms with Gasteiger partial charge in [-0.05, 0) is 25.5 Å². The average Bonchev–Trinajstić information content (AvgIpc) is 2.41. The molecular weight excluding hydrogens is 230 g/mol. The van der Waals surface area contributed by atoms with Crippen molar-refractivity contribution in [2.75, 3.05) is 26.9 Å². The Morgan fingerprint density at radius 2 is 2.11 bits per heavy atom. The molecule has 1 rings (SSSR count).